The number of rotatable bonds is 3. The topological polar surface area (TPSA) is 34.0 Å². The van der Waals surface area contributed by atoms with Gasteiger partial charge in [0.15, 0.2) is 5.65 Å². The van der Waals surface area contributed by atoms with E-state index in [4.69, 9.17) is 9.97 Å². The summed E-state index contributed by atoms with van der Waals surface area (Å²) in [4.78, 5) is 12.2. The molecule has 0 amide bonds. The van der Waals surface area contributed by atoms with Gasteiger partial charge < -0.3 is 9.47 Å². The maximum absolute atomic E-state index is 4.99. The smallest absolute Gasteiger partial charge is 0.160 e. The van der Waals surface area contributed by atoms with Crippen molar-refractivity contribution in [2.24, 2.45) is 0 Å². The Balaban J connectivity index is 2.08. The zero-order chi connectivity index (χ0) is 17.7. The third-order valence-electron chi connectivity index (χ3n) is 4.79. The van der Waals surface area contributed by atoms with Crippen molar-refractivity contribution in [3.05, 3.63) is 45.9 Å². The van der Waals surface area contributed by atoms with E-state index in [9.17, 15) is 0 Å². The van der Waals surface area contributed by atoms with E-state index in [1.807, 2.05) is 0 Å². The van der Waals surface area contributed by atoms with E-state index < -0.39 is 0 Å². The highest BCUT2D eigenvalue weighted by molar-refractivity contribution is 9.10. The molecule has 0 unspecified atom stereocenters. The number of fused-ring (bicyclic) bond motifs is 4. The summed E-state index contributed by atoms with van der Waals surface area (Å²) in [6.45, 7) is 6.10. The molecule has 5 heteroatoms. The highest BCUT2D eigenvalue weighted by Crippen LogP contribution is 2.31. The number of hydrogen-bond acceptors (Lipinski definition) is 3. The summed E-state index contributed by atoms with van der Waals surface area (Å²) in [5.41, 5.74) is 7.55. The fourth-order valence-corrected chi connectivity index (χ4v) is 3.61. The molecule has 4 rings (SSSR count). The highest BCUT2D eigenvalue weighted by Gasteiger charge is 2.15. The van der Waals surface area contributed by atoms with Gasteiger partial charge in [0.2, 0.25) is 0 Å². The van der Waals surface area contributed by atoms with Crippen LogP contribution in [0.5, 0.6) is 0 Å². The Kier molecular flexibility index (Phi) is 4.01. The summed E-state index contributed by atoms with van der Waals surface area (Å²) >= 11 is 3.59. The van der Waals surface area contributed by atoms with E-state index in [0.717, 1.165) is 45.1 Å². The molecule has 4 aromatic rings. The van der Waals surface area contributed by atoms with Gasteiger partial charge >= 0.3 is 0 Å². The summed E-state index contributed by atoms with van der Waals surface area (Å²) in [5.74, 6) is 0. The van der Waals surface area contributed by atoms with Crippen molar-refractivity contribution in [3.8, 4) is 0 Å². The first-order valence-electron chi connectivity index (χ1n) is 8.45. The summed E-state index contributed by atoms with van der Waals surface area (Å²) in [6.07, 6.45) is 0. The predicted molar refractivity (Wildman–Crippen MR) is 108 cm³/mol. The lowest BCUT2D eigenvalue weighted by molar-refractivity contribution is 0.389. The lowest BCUT2D eigenvalue weighted by Crippen LogP contribution is -2.18. The van der Waals surface area contributed by atoms with Crippen LogP contribution in [0.1, 0.15) is 11.1 Å². The molecule has 25 heavy (non-hydrogen) atoms. The molecule has 0 atom stereocenters. The predicted octanol–water partition coefficient (Wildman–Crippen LogP) is 4.68. The maximum atomic E-state index is 4.99. The number of likely N-dealkylation sites (N-methyl/N-ethyl adjacent to an activating group) is 1. The van der Waals surface area contributed by atoms with Crippen LogP contribution in [0.2, 0.25) is 0 Å². The van der Waals surface area contributed by atoms with Gasteiger partial charge in [-0.3, -0.25) is 0 Å². The van der Waals surface area contributed by atoms with Gasteiger partial charge in [0, 0.05) is 22.9 Å². The molecule has 0 bridgehead atoms. The van der Waals surface area contributed by atoms with Gasteiger partial charge in [0.25, 0.3) is 0 Å². The number of halogens is 1. The summed E-state index contributed by atoms with van der Waals surface area (Å²) in [7, 11) is 4.19. The van der Waals surface area contributed by atoms with Crippen LogP contribution < -0.4 is 0 Å². The summed E-state index contributed by atoms with van der Waals surface area (Å²) < 4.78 is 3.35. The zero-order valence-electron chi connectivity index (χ0n) is 15.0. The van der Waals surface area contributed by atoms with Crippen LogP contribution >= 0.6 is 15.9 Å². The molecule has 2 aromatic heterocycles. The van der Waals surface area contributed by atoms with Gasteiger partial charge in [-0.25, -0.2) is 9.97 Å². The first-order chi connectivity index (χ1) is 11.9. The SMILES string of the molecule is Cc1cc2nc3c4cc(Br)ccc4n(CCN(C)C)c3nc2cc1C. The molecule has 0 aliphatic rings. The van der Waals surface area contributed by atoms with Crippen LogP contribution in [0.3, 0.4) is 0 Å². The average Bonchev–Trinajstić information content (AvgIpc) is 2.84. The lowest BCUT2D eigenvalue weighted by Gasteiger charge is -2.12. The van der Waals surface area contributed by atoms with Crippen LogP contribution in [-0.4, -0.2) is 40.1 Å². The summed E-state index contributed by atoms with van der Waals surface area (Å²) in [6, 6.07) is 10.7. The van der Waals surface area contributed by atoms with Crippen LogP contribution in [-0.2, 0) is 6.54 Å². The maximum Gasteiger partial charge on any atom is 0.160 e. The molecule has 0 spiro atoms. The first kappa shape index (κ1) is 16.5. The molecule has 4 nitrogen and oxygen atoms in total. The number of nitrogens with zero attached hydrogens (tertiary/aromatic N) is 4. The third-order valence-corrected chi connectivity index (χ3v) is 5.29. The average molecular weight is 397 g/mol. The van der Waals surface area contributed by atoms with Gasteiger partial charge in [-0.2, -0.15) is 0 Å². The minimum absolute atomic E-state index is 0.889. The minimum Gasteiger partial charge on any atom is -0.323 e. The highest BCUT2D eigenvalue weighted by atomic mass is 79.9. The van der Waals surface area contributed by atoms with Crippen LogP contribution in [0.25, 0.3) is 33.1 Å². The molecule has 0 aliphatic carbocycles. The van der Waals surface area contributed by atoms with Crippen molar-refractivity contribution < 1.29 is 0 Å². The molecule has 2 heterocycles. The number of aryl methyl sites for hydroxylation is 2. The van der Waals surface area contributed by atoms with E-state index in [0.29, 0.717) is 0 Å². The lowest BCUT2D eigenvalue weighted by atomic mass is 10.1. The largest absolute Gasteiger partial charge is 0.323 e. The normalized spacial score (nSPS) is 12.1. The van der Waals surface area contributed by atoms with Gasteiger partial charge in [-0.05, 0) is 69.4 Å². The Morgan fingerprint density at radius 1 is 1.00 bits per heavy atom. The molecular formula is C20H21BrN4. The molecule has 0 radical (unpaired) electrons. The Morgan fingerprint density at radius 2 is 1.68 bits per heavy atom. The van der Waals surface area contributed by atoms with E-state index in [1.54, 1.807) is 0 Å². The zero-order valence-corrected chi connectivity index (χ0v) is 16.6. The molecule has 2 aromatic carbocycles. The van der Waals surface area contributed by atoms with Crippen molar-refractivity contribution in [3.63, 3.8) is 0 Å². The van der Waals surface area contributed by atoms with Crippen LogP contribution in [0, 0.1) is 13.8 Å². The third kappa shape index (κ3) is 2.81. The van der Waals surface area contributed by atoms with E-state index in [1.165, 1.54) is 16.6 Å². The number of hydrogen-bond donors (Lipinski definition) is 0. The molecule has 0 fully saturated rings. The van der Waals surface area contributed by atoms with E-state index in [-0.39, 0.29) is 0 Å². The van der Waals surface area contributed by atoms with E-state index >= 15 is 0 Å². The molecule has 0 N–H and O–H groups in total. The molecular weight excluding hydrogens is 376 g/mol. The Labute approximate surface area is 155 Å². The Hall–Kier alpha value is -1.98. The quantitative estimate of drug-likeness (QED) is 0.504. The Bertz CT molecular complexity index is 1110. The van der Waals surface area contributed by atoms with Gasteiger partial charge in [0.1, 0.15) is 5.52 Å². The number of benzene rings is 2. The second kappa shape index (κ2) is 6.07. The summed E-state index contributed by atoms with van der Waals surface area (Å²) in [5, 5.41) is 1.15. The molecule has 0 saturated heterocycles. The van der Waals surface area contributed by atoms with Crippen molar-refractivity contribution in [1.82, 2.24) is 19.4 Å². The van der Waals surface area contributed by atoms with Gasteiger partial charge in [-0.15, -0.1) is 0 Å². The molecule has 0 saturated carbocycles. The van der Waals surface area contributed by atoms with Crippen molar-refractivity contribution >= 4 is 49.0 Å². The van der Waals surface area contributed by atoms with Gasteiger partial charge in [-0.1, -0.05) is 15.9 Å². The van der Waals surface area contributed by atoms with Crippen molar-refractivity contribution in [1.29, 1.82) is 0 Å². The van der Waals surface area contributed by atoms with Crippen molar-refractivity contribution in [2.75, 3.05) is 20.6 Å². The fourth-order valence-electron chi connectivity index (χ4n) is 3.24. The van der Waals surface area contributed by atoms with Crippen LogP contribution in [0.15, 0.2) is 34.8 Å². The van der Waals surface area contributed by atoms with Crippen LogP contribution in [0.4, 0.5) is 0 Å². The first-order valence-corrected chi connectivity index (χ1v) is 9.24. The van der Waals surface area contributed by atoms with Crippen molar-refractivity contribution in [2.45, 2.75) is 20.4 Å². The second-order valence-corrected chi connectivity index (χ2v) is 7.85. The standard InChI is InChI=1S/C20H21BrN4/c1-12-9-16-17(10-13(12)2)23-20-19(22-16)15-11-14(21)5-6-18(15)25(20)8-7-24(3)4/h5-6,9-11H,7-8H2,1-4H3. The fraction of sp³-hybridized carbons (Fsp3) is 0.300. The molecule has 128 valence electrons. The second-order valence-electron chi connectivity index (χ2n) is 6.94. The minimum atomic E-state index is 0.889. The Morgan fingerprint density at radius 3 is 2.36 bits per heavy atom. The molecule has 0 aliphatic heterocycles. The van der Waals surface area contributed by atoms with Gasteiger partial charge in [0.05, 0.1) is 16.6 Å². The monoisotopic (exact) mass is 396 g/mol. The van der Waals surface area contributed by atoms with E-state index in [2.05, 4.69) is 83.7 Å². The number of aromatic nitrogens is 3.